The average molecular weight is 203 g/mol. The van der Waals surface area contributed by atoms with Crippen LogP contribution in [0.5, 0.6) is 0 Å². The number of hydrogen-bond donors (Lipinski definition) is 1. The topological polar surface area (TPSA) is 33.1 Å². The van der Waals surface area contributed by atoms with Crippen molar-refractivity contribution in [2.45, 2.75) is 13.0 Å². The van der Waals surface area contributed by atoms with Crippen LogP contribution in [0.25, 0.3) is 10.2 Å². The van der Waals surface area contributed by atoms with Crippen molar-refractivity contribution in [2.24, 2.45) is 0 Å². The molecule has 0 saturated heterocycles. The quantitative estimate of drug-likeness (QED) is 0.664. The van der Waals surface area contributed by atoms with Crippen LogP contribution in [0.15, 0.2) is 24.3 Å². The summed E-state index contributed by atoms with van der Waals surface area (Å²) in [5.41, 5.74) is 0.965. The highest BCUT2D eigenvalue weighted by atomic mass is 32.1. The molecule has 1 aromatic heterocycles. The van der Waals surface area contributed by atoms with E-state index in [0.29, 0.717) is 0 Å². The van der Waals surface area contributed by atoms with Crippen LogP contribution in [0.2, 0.25) is 0 Å². The van der Waals surface area contributed by atoms with E-state index in [-0.39, 0.29) is 0 Å². The smallest absolute Gasteiger partial charge is 0.168 e. The van der Waals surface area contributed by atoms with Gasteiger partial charge in [0, 0.05) is 0 Å². The molecule has 0 bridgehead atoms. The largest absolute Gasteiger partial charge is 0.381 e. The Morgan fingerprint density at radius 1 is 1.43 bits per heavy atom. The van der Waals surface area contributed by atoms with Gasteiger partial charge in [-0.15, -0.1) is 11.3 Å². The lowest BCUT2D eigenvalue weighted by Crippen LogP contribution is -1.92. The Morgan fingerprint density at radius 2 is 2.21 bits per heavy atom. The molecule has 70 valence electrons. The number of thiazole rings is 1. The van der Waals surface area contributed by atoms with E-state index in [0.717, 1.165) is 15.2 Å². The fourth-order valence-electron chi connectivity index (χ4n) is 1.09. The Hall–Kier alpha value is -1.37. The third-order valence-corrected chi connectivity index (χ3v) is 2.63. The first kappa shape index (κ1) is 9.20. The van der Waals surface area contributed by atoms with Crippen molar-refractivity contribution in [3.05, 3.63) is 29.3 Å². The van der Waals surface area contributed by atoms with Crippen LogP contribution >= 0.6 is 11.3 Å². The summed E-state index contributed by atoms with van der Waals surface area (Å²) in [6.07, 6.45) is -0.595. The van der Waals surface area contributed by atoms with E-state index < -0.39 is 6.10 Å². The van der Waals surface area contributed by atoms with Gasteiger partial charge >= 0.3 is 0 Å². The number of hydrogen-bond acceptors (Lipinski definition) is 3. The number of nitrogens with zero attached hydrogens (tertiary/aromatic N) is 1. The predicted molar refractivity (Wildman–Crippen MR) is 58.2 cm³/mol. The SMILES string of the molecule is CC(O)C#Cc1nc2ccccc2s1. The molecule has 1 heterocycles. The molecule has 0 fully saturated rings. The summed E-state index contributed by atoms with van der Waals surface area (Å²) in [5, 5.41) is 9.75. The molecule has 1 atom stereocenters. The Balaban J connectivity index is 2.42. The monoisotopic (exact) mass is 203 g/mol. The maximum absolute atomic E-state index is 8.99. The molecule has 0 spiro atoms. The van der Waals surface area contributed by atoms with E-state index in [2.05, 4.69) is 16.8 Å². The summed E-state index contributed by atoms with van der Waals surface area (Å²) in [5.74, 6) is 5.52. The molecule has 1 N–H and O–H groups in total. The van der Waals surface area contributed by atoms with Crippen LogP contribution in [0.1, 0.15) is 11.9 Å². The summed E-state index contributed by atoms with van der Waals surface area (Å²) in [4.78, 5) is 4.32. The van der Waals surface area contributed by atoms with E-state index in [4.69, 9.17) is 5.11 Å². The summed E-state index contributed by atoms with van der Waals surface area (Å²) in [6, 6.07) is 7.90. The van der Waals surface area contributed by atoms with Crippen LogP contribution in [0, 0.1) is 11.8 Å². The average Bonchev–Trinajstić information content (AvgIpc) is 2.57. The van der Waals surface area contributed by atoms with E-state index >= 15 is 0 Å². The van der Waals surface area contributed by atoms with Crippen LogP contribution in [-0.4, -0.2) is 16.2 Å². The van der Waals surface area contributed by atoms with Gasteiger partial charge in [0.15, 0.2) is 5.01 Å². The lowest BCUT2D eigenvalue weighted by molar-refractivity contribution is 0.253. The number of para-hydroxylation sites is 1. The highest BCUT2D eigenvalue weighted by Crippen LogP contribution is 2.20. The van der Waals surface area contributed by atoms with Gasteiger partial charge in [0.25, 0.3) is 0 Å². The van der Waals surface area contributed by atoms with Crippen molar-refractivity contribution in [3.63, 3.8) is 0 Å². The van der Waals surface area contributed by atoms with Gasteiger partial charge in [-0.3, -0.25) is 0 Å². The number of benzene rings is 1. The number of aliphatic hydroxyl groups excluding tert-OH is 1. The van der Waals surface area contributed by atoms with Crippen LogP contribution < -0.4 is 0 Å². The van der Waals surface area contributed by atoms with Crippen LogP contribution in [0.3, 0.4) is 0 Å². The lowest BCUT2D eigenvalue weighted by Gasteiger charge is -1.84. The molecule has 0 radical (unpaired) electrons. The van der Waals surface area contributed by atoms with Crippen LogP contribution in [-0.2, 0) is 0 Å². The zero-order valence-corrected chi connectivity index (χ0v) is 8.51. The number of aliphatic hydroxyl groups is 1. The predicted octanol–water partition coefficient (Wildman–Crippen LogP) is 2.03. The van der Waals surface area contributed by atoms with Gasteiger partial charge in [-0.2, -0.15) is 0 Å². The van der Waals surface area contributed by atoms with E-state index in [9.17, 15) is 0 Å². The second-order valence-corrected chi connectivity index (χ2v) is 3.96. The lowest BCUT2D eigenvalue weighted by atomic mass is 10.3. The standard InChI is InChI=1S/C11H9NOS/c1-8(13)6-7-11-12-9-4-2-3-5-10(9)14-11/h2-5,8,13H,1H3. The van der Waals surface area contributed by atoms with Gasteiger partial charge in [0.05, 0.1) is 10.2 Å². The summed E-state index contributed by atoms with van der Waals surface area (Å²) < 4.78 is 1.13. The van der Waals surface area contributed by atoms with Gasteiger partial charge in [0.2, 0.25) is 0 Å². The second kappa shape index (κ2) is 3.79. The molecular formula is C11H9NOS. The zero-order chi connectivity index (χ0) is 9.97. The van der Waals surface area contributed by atoms with E-state index in [1.165, 1.54) is 0 Å². The van der Waals surface area contributed by atoms with Gasteiger partial charge in [-0.05, 0) is 25.0 Å². The first-order valence-corrected chi connectivity index (χ1v) is 5.12. The van der Waals surface area contributed by atoms with Crippen molar-refractivity contribution < 1.29 is 5.11 Å². The second-order valence-electron chi connectivity index (χ2n) is 2.93. The Labute approximate surface area is 86.2 Å². The van der Waals surface area contributed by atoms with Crippen LogP contribution in [0.4, 0.5) is 0 Å². The highest BCUT2D eigenvalue weighted by molar-refractivity contribution is 7.19. The highest BCUT2D eigenvalue weighted by Gasteiger charge is 1.99. The van der Waals surface area contributed by atoms with Gasteiger partial charge in [0.1, 0.15) is 6.10 Å². The van der Waals surface area contributed by atoms with E-state index in [1.54, 1.807) is 18.3 Å². The maximum atomic E-state index is 8.99. The molecule has 0 amide bonds. The van der Waals surface area contributed by atoms with Gasteiger partial charge < -0.3 is 5.11 Å². The van der Waals surface area contributed by atoms with E-state index in [1.807, 2.05) is 24.3 Å². The fourth-order valence-corrected chi connectivity index (χ4v) is 1.92. The number of fused-ring (bicyclic) bond motifs is 1. The van der Waals surface area contributed by atoms with Crippen molar-refractivity contribution >= 4 is 21.6 Å². The molecule has 0 aliphatic rings. The third-order valence-electron chi connectivity index (χ3n) is 1.68. The Bertz CT molecular complexity index is 471. The molecule has 3 heteroatoms. The fraction of sp³-hybridized carbons (Fsp3) is 0.182. The van der Waals surface area contributed by atoms with Crippen molar-refractivity contribution in [1.82, 2.24) is 4.98 Å². The van der Waals surface area contributed by atoms with Gasteiger partial charge in [-0.25, -0.2) is 4.98 Å². The summed E-state index contributed by atoms with van der Waals surface area (Å²) >= 11 is 1.54. The first-order chi connectivity index (χ1) is 6.75. The molecule has 2 aromatic rings. The van der Waals surface area contributed by atoms with Crippen molar-refractivity contribution in [1.29, 1.82) is 0 Å². The molecule has 2 rings (SSSR count). The minimum Gasteiger partial charge on any atom is -0.381 e. The number of rotatable bonds is 0. The maximum Gasteiger partial charge on any atom is 0.168 e. The minimum absolute atomic E-state index is 0.595. The first-order valence-electron chi connectivity index (χ1n) is 4.31. The number of aromatic nitrogens is 1. The van der Waals surface area contributed by atoms with Crippen molar-refractivity contribution in [2.75, 3.05) is 0 Å². The molecule has 1 aromatic carbocycles. The molecular weight excluding hydrogens is 194 g/mol. The van der Waals surface area contributed by atoms with Crippen molar-refractivity contribution in [3.8, 4) is 11.8 Å². The minimum atomic E-state index is -0.595. The zero-order valence-electron chi connectivity index (χ0n) is 7.69. The normalized spacial score (nSPS) is 12.1. The van der Waals surface area contributed by atoms with Gasteiger partial charge in [-0.1, -0.05) is 18.1 Å². The Morgan fingerprint density at radius 3 is 2.93 bits per heavy atom. The Kier molecular flexibility index (Phi) is 2.49. The molecule has 0 aliphatic heterocycles. The molecule has 14 heavy (non-hydrogen) atoms. The molecule has 1 unspecified atom stereocenters. The molecule has 0 saturated carbocycles. The molecule has 0 aliphatic carbocycles. The summed E-state index contributed by atoms with van der Waals surface area (Å²) in [7, 11) is 0. The summed E-state index contributed by atoms with van der Waals surface area (Å²) in [6.45, 7) is 1.64. The molecule has 2 nitrogen and oxygen atoms in total. The third kappa shape index (κ3) is 1.92.